The maximum Gasteiger partial charge on any atom is 0.417 e. The topological polar surface area (TPSA) is 67.3 Å². The van der Waals surface area contributed by atoms with Gasteiger partial charge >= 0.3 is 6.18 Å². The fourth-order valence-corrected chi connectivity index (χ4v) is 2.40. The summed E-state index contributed by atoms with van der Waals surface area (Å²) in [5.74, 6) is -0.258. The Morgan fingerprint density at radius 3 is 2.52 bits per heavy atom. The van der Waals surface area contributed by atoms with Gasteiger partial charge < -0.3 is 0 Å². The monoisotopic (exact) mass is 339 g/mol. The van der Waals surface area contributed by atoms with Crippen LogP contribution in [0.25, 0.3) is 0 Å². The number of H-pyrrole nitrogens is 1. The molecule has 0 aliphatic rings. The zero-order valence-electron chi connectivity index (χ0n) is 11.4. The highest BCUT2D eigenvalue weighted by Gasteiger charge is 2.33. The van der Waals surface area contributed by atoms with Gasteiger partial charge in [0, 0.05) is 12.4 Å². The highest BCUT2D eigenvalue weighted by atomic mass is 35.5. The van der Waals surface area contributed by atoms with Gasteiger partial charge in [0.15, 0.2) is 0 Å². The van der Waals surface area contributed by atoms with Gasteiger partial charge in [-0.05, 0) is 18.2 Å². The molecule has 0 aliphatic carbocycles. The van der Waals surface area contributed by atoms with Crippen LogP contribution in [0.3, 0.4) is 0 Å². The molecule has 0 bridgehead atoms. The molecule has 3 aromatic heterocycles. The molecule has 5 nitrogen and oxygen atoms in total. The maximum absolute atomic E-state index is 12.8. The molecular weight excluding hydrogens is 331 g/mol. The summed E-state index contributed by atoms with van der Waals surface area (Å²) < 4.78 is 38.3. The fraction of sp³-hybridized carbons (Fsp3) is 0.143. The highest BCUT2D eigenvalue weighted by molar-refractivity contribution is 6.31. The summed E-state index contributed by atoms with van der Waals surface area (Å²) in [7, 11) is 0. The molecule has 1 N–H and O–H groups in total. The molecule has 0 radical (unpaired) electrons. The van der Waals surface area contributed by atoms with Gasteiger partial charge in [0.05, 0.1) is 22.0 Å². The van der Waals surface area contributed by atoms with Crippen LogP contribution in [-0.4, -0.2) is 25.1 Å². The van der Waals surface area contributed by atoms with Gasteiger partial charge in [-0.3, -0.25) is 15.1 Å². The minimum Gasteiger partial charge on any atom is -0.262 e. The van der Waals surface area contributed by atoms with Crippen LogP contribution in [0.2, 0.25) is 5.02 Å². The molecule has 0 saturated heterocycles. The number of nitrogens with zero attached hydrogens (tertiary/aromatic N) is 4. The molecule has 0 unspecified atom stereocenters. The molecule has 0 fully saturated rings. The van der Waals surface area contributed by atoms with Gasteiger partial charge in [0.2, 0.25) is 0 Å². The molecule has 0 saturated carbocycles. The highest BCUT2D eigenvalue weighted by Crippen LogP contribution is 2.35. The van der Waals surface area contributed by atoms with E-state index in [-0.39, 0.29) is 10.7 Å². The third kappa shape index (κ3) is 3.16. The number of aromatic amines is 1. The van der Waals surface area contributed by atoms with E-state index < -0.39 is 17.7 Å². The van der Waals surface area contributed by atoms with E-state index in [4.69, 9.17) is 11.6 Å². The molecule has 3 aromatic rings. The molecular formula is C14H9ClF3N5. The normalized spacial score (nSPS) is 13.0. The summed E-state index contributed by atoms with van der Waals surface area (Å²) in [6, 6.07) is 6.03. The minimum absolute atomic E-state index is 0.119. The molecule has 0 amide bonds. The molecule has 0 spiro atoms. The van der Waals surface area contributed by atoms with E-state index in [1.54, 1.807) is 24.4 Å². The lowest BCUT2D eigenvalue weighted by atomic mass is 9.98. The Bertz CT molecular complexity index is 790. The van der Waals surface area contributed by atoms with Crippen LogP contribution in [0.4, 0.5) is 13.2 Å². The second-order valence-electron chi connectivity index (χ2n) is 4.65. The molecule has 0 aliphatic heterocycles. The first-order valence-corrected chi connectivity index (χ1v) is 6.83. The minimum atomic E-state index is -4.51. The number of nitrogens with one attached hydrogen (secondary N) is 1. The van der Waals surface area contributed by atoms with Gasteiger partial charge in [0.25, 0.3) is 0 Å². The van der Waals surface area contributed by atoms with E-state index >= 15 is 0 Å². The lowest BCUT2D eigenvalue weighted by Crippen LogP contribution is -2.12. The number of halogens is 4. The van der Waals surface area contributed by atoms with Crippen molar-refractivity contribution < 1.29 is 13.2 Å². The summed E-state index contributed by atoms with van der Waals surface area (Å²) >= 11 is 6.04. The van der Waals surface area contributed by atoms with Crippen LogP contribution < -0.4 is 0 Å². The summed E-state index contributed by atoms with van der Waals surface area (Å²) in [4.78, 5) is 12.2. The fourth-order valence-electron chi connectivity index (χ4n) is 2.13. The van der Waals surface area contributed by atoms with Crippen molar-refractivity contribution in [1.82, 2.24) is 25.1 Å². The van der Waals surface area contributed by atoms with Crippen LogP contribution in [-0.2, 0) is 6.18 Å². The van der Waals surface area contributed by atoms with Gasteiger partial charge in [0.1, 0.15) is 18.1 Å². The second-order valence-corrected chi connectivity index (χ2v) is 5.05. The van der Waals surface area contributed by atoms with Crippen LogP contribution in [0.1, 0.15) is 28.7 Å². The van der Waals surface area contributed by atoms with Crippen molar-refractivity contribution in [2.45, 2.75) is 12.1 Å². The second kappa shape index (κ2) is 5.96. The molecule has 23 heavy (non-hydrogen) atoms. The number of hydrogen-bond donors (Lipinski definition) is 1. The van der Waals surface area contributed by atoms with Gasteiger partial charge in [-0.15, -0.1) is 0 Å². The number of aromatic nitrogens is 5. The SMILES string of the molecule is FC(F)(F)c1cnc([C@@H](c2ccccn2)c2ncn[nH]2)c(Cl)c1. The Hall–Kier alpha value is -2.48. The van der Waals surface area contributed by atoms with E-state index in [2.05, 4.69) is 25.1 Å². The molecule has 3 rings (SSSR count). The van der Waals surface area contributed by atoms with E-state index in [1.165, 1.54) is 6.33 Å². The average Bonchev–Trinajstić information content (AvgIpc) is 3.03. The van der Waals surface area contributed by atoms with Crippen LogP contribution in [0, 0.1) is 0 Å². The van der Waals surface area contributed by atoms with Crippen molar-refractivity contribution in [2.75, 3.05) is 0 Å². The number of rotatable bonds is 3. The Balaban J connectivity index is 2.12. The van der Waals surface area contributed by atoms with Crippen LogP contribution in [0.5, 0.6) is 0 Å². The van der Waals surface area contributed by atoms with Crippen molar-refractivity contribution in [2.24, 2.45) is 0 Å². The predicted octanol–water partition coefficient (Wildman–Crippen LogP) is 3.45. The predicted molar refractivity (Wildman–Crippen MR) is 75.8 cm³/mol. The molecule has 9 heteroatoms. The van der Waals surface area contributed by atoms with Crippen molar-refractivity contribution in [3.8, 4) is 0 Å². The van der Waals surface area contributed by atoms with E-state index in [1.807, 2.05) is 0 Å². The standard InChI is InChI=1S/C14H9ClF3N5/c15-9-5-8(14(16,17)18)6-20-12(9)11(13-21-7-22-23-13)10-3-1-2-4-19-10/h1-7,11H,(H,21,22,23)/t11-/m1/s1. The van der Waals surface area contributed by atoms with Crippen molar-refractivity contribution >= 4 is 11.6 Å². The summed E-state index contributed by atoms with van der Waals surface area (Å²) in [5, 5.41) is 6.33. The smallest absolute Gasteiger partial charge is 0.262 e. The lowest BCUT2D eigenvalue weighted by Gasteiger charge is -2.16. The molecule has 3 heterocycles. The summed E-state index contributed by atoms with van der Waals surface area (Å²) in [6.45, 7) is 0. The average molecular weight is 340 g/mol. The summed E-state index contributed by atoms with van der Waals surface area (Å²) in [5.41, 5.74) is -0.155. The van der Waals surface area contributed by atoms with Gasteiger partial charge in [-0.2, -0.15) is 18.3 Å². The van der Waals surface area contributed by atoms with Crippen LogP contribution in [0.15, 0.2) is 43.0 Å². The quantitative estimate of drug-likeness (QED) is 0.793. The van der Waals surface area contributed by atoms with E-state index in [0.29, 0.717) is 11.5 Å². The third-order valence-corrected chi connectivity index (χ3v) is 3.46. The van der Waals surface area contributed by atoms with Crippen molar-refractivity contribution in [3.63, 3.8) is 0 Å². The maximum atomic E-state index is 12.8. The van der Waals surface area contributed by atoms with Gasteiger partial charge in [-0.1, -0.05) is 17.7 Å². The first kappa shape index (κ1) is 15.4. The number of alkyl halides is 3. The summed E-state index contributed by atoms with van der Waals surface area (Å²) in [6.07, 6.45) is -0.907. The first-order chi connectivity index (χ1) is 11.0. The van der Waals surface area contributed by atoms with Gasteiger partial charge in [-0.25, -0.2) is 4.98 Å². The molecule has 0 aromatic carbocycles. The van der Waals surface area contributed by atoms with E-state index in [9.17, 15) is 13.2 Å². The number of hydrogen-bond acceptors (Lipinski definition) is 4. The Morgan fingerprint density at radius 2 is 1.96 bits per heavy atom. The third-order valence-electron chi connectivity index (χ3n) is 3.16. The van der Waals surface area contributed by atoms with Crippen molar-refractivity contribution in [3.05, 3.63) is 70.8 Å². The Kier molecular flexibility index (Phi) is 3.99. The van der Waals surface area contributed by atoms with Crippen molar-refractivity contribution in [1.29, 1.82) is 0 Å². The zero-order valence-corrected chi connectivity index (χ0v) is 12.2. The molecule has 118 valence electrons. The molecule has 1 atom stereocenters. The van der Waals surface area contributed by atoms with Crippen LogP contribution >= 0.6 is 11.6 Å². The zero-order chi connectivity index (χ0) is 16.4. The van der Waals surface area contributed by atoms with E-state index in [0.717, 1.165) is 12.3 Å². The lowest BCUT2D eigenvalue weighted by molar-refractivity contribution is -0.137. The Labute approximate surface area is 133 Å². The number of pyridine rings is 2. The Morgan fingerprint density at radius 1 is 1.13 bits per heavy atom. The largest absolute Gasteiger partial charge is 0.417 e. The first-order valence-electron chi connectivity index (χ1n) is 6.45.